The van der Waals surface area contributed by atoms with E-state index in [1.807, 2.05) is 6.07 Å². The average molecular weight is 281 g/mol. The van der Waals surface area contributed by atoms with Gasteiger partial charge in [0.15, 0.2) is 0 Å². The van der Waals surface area contributed by atoms with Crippen LogP contribution in [-0.4, -0.2) is 19.6 Å². The number of halogens is 1. The van der Waals surface area contributed by atoms with Crippen molar-refractivity contribution in [3.05, 3.63) is 28.8 Å². The van der Waals surface area contributed by atoms with Gasteiger partial charge in [-0.1, -0.05) is 37.9 Å². The molecule has 2 rings (SSSR count). The first-order valence-electron chi connectivity index (χ1n) is 7.48. The van der Waals surface area contributed by atoms with Gasteiger partial charge in [-0.3, -0.25) is 0 Å². The molecule has 0 unspecified atom stereocenters. The lowest BCUT2D eigenvalue weighted by Gasteiger charge is -2.34. The second-order valence-corrected chi connectivity index (χ2v) is 5.83. The Morgan fingerprint density at radius 3 is 2.63 bits per heavy atom. The Hall–Kier alpha value is -0.730. The zero-order valence-electron chi connectivity index (χ0n) is 12.1. The zero-order valence-corrected chi connectivity index (χ0v) is 12.8. The van der Waals surface area contributed by atoms with Crippen molar-refractivity contribution in [1.29, 1.82) is 0 Å². The summed E-state index contributed by atoms with van der Waals surface area (Å²) in [7, 11) is 0. The monoisotopic (exact) mass is 280 g/mol. The molecule has 19 heavy (non-hydrogen) atoms. The maximum atomic E-state index is 6.18. The summed E-state index contributed by atoms with van der Waals surface area (Å²) in [5.41, 5.74) is 2.68. The average Bonchev–Trinajstić information content (AvgIpc) is 2.46. The Labute approximate surface area is 122 Å². The first kappa shape index (κ1) is 14.7. The fourth-order valence-corrected chi connectivity index (χ4v) is 2.99. The SMILES string of the molecule is CCNCc1ccc(Cl)cc1N1CCC(CC)CC1. The third-order valence-electron chi connectivity index (χ3n) is 4.15. The third-order valence-corrected chi connectivity index (χ3v) is 4.38. The van der Waals surface area contributed by atoms with Crippen LogP contribution >= 0.6 is 11.6 Å². The molecule has 1 heterocycles. The molecule has 1 aromatic carbocycles. The maximum Gasteiger partial charge on any atom is 0.0426 e. The highest BCUT2D eigenvalue weighted by Crippen LogP contribution is 2.29. The molecule has 0 aliphatic carbocycles. The smallest absolute Gasteiger partial charge is 0.0426 e. The van der Waals surface area contributed by atoms with Gasteiger partial charge < -0.3 is 10.2 Å². The number of rotatable bonds is 5. The van der Waals surface area contributed by atoms with Gasteiger partial charge in [-0.05, 0) is 43.0 Å². The van der Waals surface area contributed by atoms with Crippen LogP contribution in [0.3, 0.4) is 0 Å². The Balaban J connectivity index is 2.11. The summed E-state index contributed by atoms with van der Waals surface area (Å²) in [4.78, 5) is 2.50. The van der Waals surface area contributed by atoms with E-state index in [2.05, 4.69) is 36.2 Å². The van der Waals surface area contributed by atoms with E-state index in [1.54, 1.807) is 0 Å². The van der Waals surface area contributed by atoms with Crippen molar-refractivity contribution in [2.45, 2.75) is 39.7 Å². The van der Waals surface area contributed by atoms with Crippen molar-refractivity contribution in [3.8, 4) is 0 Å². The van der Waals surface area contributed by atoms with Gasteiger partial charge in [0, 0.05) is 30.3 Å². The summed E-state index contributed by atoms with van der Waals surface area (Å²) >= 11 is 6.18. The van der Waals surface area contributed by atoms with Crippen LogP contribution in [0.4, 0.5) is 5.69 Å². The van der Waals surface area contributed by atoms with Crippen molar-refractivity contribution in [2.24, 2.45) is 5.92 Å². The summed E-state index contributed by atoms with van der Waals surface area (Å²) in [6.45, 7) is 8.70. The molecule has 3 heteroatoms. The minimum Gasteiger partial charge on any atom is -0.371 e. The number of nitrogens with one attached hydrogen (secondary N) is 1. The molecule has 0 atom stereocenters. The van der Waals surface area contributed by atoms with Crippen molar-refractivity contribution in [2.75, 3.05) is 24.5 Å². The zero-order chi connectivity index (χ0) is 13.7. The normalized spacial score (nSPS) is 16.9. The molecule has 0 radical (unpaired) electrons. The lowest BCUT2D eigenvalue weighted by molar-refractivity contribution is 0.394. The second-order valence-electron chi connectivity index (χ2n) is 5.39. The molecule has 1 saturated heterocycles. The lowest BCUT2D eigenvalue weighted by atomic mass is 9.94. The molecule has 0 spiro atoms. The van der Waals surface area contributed by atoms with Crippen molar-refractivity contribution < 1.29 is 0 Å². The summed E-state index contributed by atoms with van der Waals surface area (Å²) in [5.74, 6) is 0.910. The maximum absolute atomic E-state index is 6.18. The first-order valence-corrected chi connectivity index (χ1v) is 7.86. The van der Waals surface area contributed by atoms with Crippen LogP contribution in [0, 0.1) is 5.92 Å². The van der Waals surface area contributed by atoms with Crippen molar-refractivity contribution >= 4 is 17.3 Å². The van der Waals surface area contributed by atoms with Crippen LogP contribution < -0.4 is 10.2 Å². The van der Waals surface area contributed by atoms with Gasteiger partial charge in [0.05, 0.1) is 0 Å². The molecule has 2 nitrogen and oxygen atoms in total. The van der Waals surface area contributed by atoms with E-state index in [9.17, 15) is 0 Å². The number of hydrogen-bond donors (Lipinski definition) is 1. The highest BCUT2D eigenvalue weighted by atomic mass is 35.5. The number of piperidine rings is 1. The summed E-state index contributed by atoms with van der Waals surface area (Å²) in [5, 5.41) is 4.25. The molecule has 1 N–H and O–H groups in total. The van der Waals surface area contributed by atoms with Gasteiger partial charge in [0.1, 0.15) is 0 Å². The minimum absolute atomic E-state index is 0.841. The van der Waals surface area contributed by atoms with Gasteiger partial charge in [-0.25, -0.2) is 0 Å². The van der Waals surface area contributed by atoms with Crippen LogP contribution in [0.25, 0.3) is 0 Å². The molecular weight excluding hydrogens is 256 g/mol. The topological polar surface area (TPSA) is 15.3 Å². The van der Waals surface area contributed by atoms with E-state index in [0.717, 1.165) is 37.1 Å². The van der Waals surface area contributed by atoms with Crippen molar-refractivity contribution in [1.82, 2.24) is 5.32 Å². The molecule has 1 aromatic rings. The van der Waals surface area contributed by atoms with Gasteiger partial charge >= 0.3 is 0 Å². The molecule has 1 fully saturated rings. The number of anilines is 1. The number of nitrogens with zero attached hydrogens (tertiary/aromatic N) is 1. The van der Waals surface area contributed by atoms with E-state index >= 15 is 0 Å². The van der Waals surface area contributed by atoms with Crippen LogP contribution in [0.15, 0.2) is 18.2 Å². The third kappa shape index (κ3) is 3.87. The van der Waals surface area contributed by atoms with E-state index in [0.29, 0.717) is 0 Å². The Bertz CT molecular complexity index is 398. The fourth-order valence-electron chi connectivity index (χ4n) is 2.82. The van der Waals surface area contributed by atoms with E-state index in [4.69, 9.17) is 11.6 Å². The Kier molecular flexibility index (Phi) is 5.53. The molecule has 0 amide bonds. The molecule has 0 saturated carbocycles. The highest BCUT2D eigenvalue weighted by molar-refractivity contribution is 6.30. The Morgan fingerprint density at radius 2 is 2.00 bits per heavy atom. The Morgan fingerprint density at radius 1 is 1.26 bits per heavy atom. The molecule has 0 bridgehead atoms. The first-order chi connectivity index (χ1) is 9.24. The molecule has 0 aromatic heterocycles. The van der Waals surface area contributed by atoms with E-state index in [-0.39, 0.29) is 0 Å². The number of hydrogen-bond acceptors (Lipinski definition) is 2. The fraction of sp³-hybridized carbons (Fsp3) is 0.625. The van der Waals surface area contributed by atoms with Crippen LogP contribution in [-0.2, 0) is 6.54 Å². The van der Waals surface area contributed by atoms with Crippen LogP contribution in [0.1, 0.15) is 38.7 Å². The minimum atomic E-state index is 0.841. The van der Waals surface area contributed by atoms with E-state index < -0.39 is 0 Å². The summed E-state index contributed by atoms with van der Waals surface area (Å²) < 4.78 is 0. The van der Waals surface area contributed by atoms with Gasteiger partial charge in [0.2, 0.25) is 0 Å². The summed E-state index contributed by atoms with van der Waals surface area (Å²) in [6.07, 6.45) is 3.93. The molecule has 1 aliphatic heterocycles. The lowest BCUT2D eigenvalue weighted by Crippen LogP contribution is -2.34. The quantitative estimate of drug-likeness (QED) is 0.874. The predicted molar refractivity (Wildman–Crippen MR) is 84.1 cm³/mol. The largest absolute Gasteiger partial charge is 0.371 e. The van der Waals surface area contributed by atoms with Crippen LogP contribution in [0.2, 0.25) is 5.02 Å². The standard InChI is InChI=1S/C16H25ClN2/c1-3-13-7-9-19(10-8-13)16-11-15(17)6-5-14(16)12-18-4-2/h5-6,11,13,18H,3-4,7-10,12H2,1-2H3. The molecule has 1 aliphatic rings. The van der Waals surface area contributed by atoms with Gasteiger partial charge in [0.25, 0.3) is 0 Å². The number of benzene rings is 1. The highest BCUT2D eigenvalue weighted by Gasteiger charge is 2.19. The van der Waals surface area contributed by atoms with Gasteiger partial charge in [-0.2, -0.15) is 0 Å². The van der Waals surface area contributed by atoms with E-state index in [1.165, 1.54) is 30.5 Å². The van der Waals surface area contributed by atoms with Crippen molar-refractivity contribution in [3.63, 3.8) is 0 Å². The molecular formula is C16H25ClN2. The summed E-state index contributed by atoms with van der Waals surface area (Å²) in [6, 6.07) is 6.28. The predicted octanol–water partition coefficient (Wildman–Crippen LogP) is 4.08. The molecule has 106 valence electrons. The van der Waals surface area contributed by atoms with Gasteiger partial charge in [-0.15, -0.1) is 0 Å². The van der Waals surface area contributed by atoms with Crippen LogP contribution in [0.5, 0.6) is 0 Å². The second kappa shape index (κ2) is 7.16.